The van der Waals surface area contributed by atoms with Crippen LogP contribution in [0, 0.1) is 5.82 Å². The van der Waals surface area contributed by atoms with Crippen LogP contribution in [0.5, 0.6) is 11.6 Å². The van der Waals surface area contributed by atoms with Crippen molar-refractivity contribution in [1.82, 2.24) is 9.88 Å². The fourth-order valence-electron chi connectivity index (χ4n) is 3.79. The van der Waals surface area contributed by atoms with E-state index in [1.54, 1.807) is 19.4 Å². The molecule has 3 heterocycles. The number of methoxy groups -OCH3 is 1. The molecule has 1 aromatic heterocycles. The summed E-state index contributed by atoms with van der Waals surface area (Å²) in [5, 5.41) is 0. The zero-order valence-corrected chi connectivity index (χ0v) is 14.9. The molecule has 0 N–H and O–H groups in total. The Bertz CT molecular complexity index is 747. The largest absolute Gasteiger partial charge is 0.497 e. The van der Waals surface area contributed by atoms with Crippen LogP contribution in [-0.4, -0.2) is 48.4 Å². The maximum absolute atomic E-state index is 13.8. The maximum atomic E-state index is 13.8. The molecule has 0 unspecified atom stereocenters. The third kappa shape index (κ3) is 3.66. The van der Waals surface area contributed by atoms with Gasteiger partial charge in [0.05, 0.1) is 19.3 Å². The van der Waals surface area contributed by atoms with Gasteiger partial charge in [-0.1, -0.05) is 12.1 Å². The molecule has 1 aromatic carbocycles. The maximum Gasteiger partial charge on any atom is 0.250 e. The third-order valence-electron chi connectivity index (χ3n) is 5.04. The number of pyridine rings is 1. The molecule has 0 saturated carbocycles. The van der Waals surface area contributed by atoms with Crippen LogP contribution >= 0.6 is 0 Å². The average molecular weight is 358 g/mol. The van der Waals surface area contributed by atoms with Gasteiger partial charge in [0.25, 0.3) is 5.88 Å². The van der Waals surface area contributed by atoms with E-state index in [4.69, 9.17) is 14.2 Å². The molecule has 138 valence electrons. The lowest BCUT2D eigenvalue weighted by Gasteiger charge is -2.53. The van der Waals surface area contributed by atoms with Gasteiger partial charge in [-0.25, -0.2) is 9.37 Å². The molecule has 5 nitrogen and oxygen atoms in total. The topological polar surface area (TPSA) is 43.8 Å². The molecule has 2 aliphatic rings. The van der Waals surface area contributed by atoms with E-state index in [1.807, 2.05) is 12.1 Å². The van der Waals surface area contributed by atoms with Gasteiger partial charge in [-0.2, -0.15) is 0 Å². The number of hydrogen-bond acceptors (Lipinski definition) is 5. The molecule has 2 saturated heterocycles. The number of ether oxygens (including phenoxy) is 3. The molecule has 2 aliphatic heterocycles. The molecular weight excluding hydrogens is 335 g/mol. The fourth-order valence-corrected chi connectivity index (χ4v) is 3.79. The van der Waals surface area contributed by atoms with E-state index in [0.29, 0.717) is 6.61 Å². The van der Waals surface area contributed by atoms with Gasteiger partial charge in [0, 0.05) is 38.7 Å². The van der Waals surface area contributed by atoms with Crippen LogP contribution < -0.4 is 9.47 Å². The highest BCUT2D eigenvalue weighted by molar-refractivity contribution is 5.27. The van der Waals surface area contributed by atoms with Crippen LogP contribution in [0.4, 0.5) is 4.39 Å². The highest BCUT2D eigenvalue weighted by Crippen LogP contribution is 2.36. The summed E-state index contributed by atoms with van der Waals surface area (Å²) >= 11 is 0. The smallest absolute Gasteiger partial charge is 0.250 e. The molecule has 1 atom stereocenters. The van der Waals surface area contributed by atoms with Gasteiger partial charge >= 0.3 is 0 Å². The van der Waals surface area contributed by atoms with Gasteiger partial charge < -0.3 is 14.2 Å². The van der Waals surface area contributed by atoms with Crippen molar-refractivity contribution in [3.05, 3.63) is 54.0 Å². The summed E-state index contributed by atoms with van der Waals surface area (Å²) in [6.45, 7) is 3.25. The van der Waals surface area contributed by atoms with E-state index in [0.717, 1.165) is 38.2 Å². The summed E-state index contributed by atoms with van der Waals surface area (Å²) in [6, 6.07) is 11.1. The van der Waals surface area contributed by atoms with Crippen LogP contribution in [0.2, 0.25) is 0 Å². The summed E-state index contributed by atoms with van der Waals surface area (Å²) < 4.78 is 30.8. The monoisotopic (exact) mass is 358 g/mol. The number of aromatic nitrogens is 1. The third-order valence-corrected chi connectivity index (χ3v) is 5.04. The van der Waals surface area contributed by atoms with Crippen molar-refractivity contribution in [1.29, 1.82) is 0 Å². The Morgan fingerprint density at radius 2 is 2.08 bits per heavy atom. The molecule has 0 bridgehead atoms. The Labute approximate surface area is 152 Å². The van der Waals surface area contributed by atoms with Crippen LogP contribution in [0.25, 0.3) is 0 Å². The second-order valence-corrected chi connectivity index (χ2v) is 7.05. The van der Waals surface area contributed by atoms with E-state index >= 15 is 0 Å². The van der Waals surface area contributed by atoms with E-state index in [9.17, 15) is 4.39 Å². The van der Waals surface area contributed by atoms with E-state index < -0.39 is 5.82 Å². The minimum atomic E-state index is -0.414. The first-order valence-corrected chi connectivity index (χ1v) is 8.92. The molecular formula is C20H23FN2O3. The molecule has 0 aliphatic carbocycles. The summed E-state index contributed by atoms with van der Waals surface area (Å²) in [7, 11) is 1.67. The van der Waals surface area contributed by atoms with Crippen molar-refractivity contribution in [2.45, 2.75) is 31.1 Å². The first-order chi connectivity index (χ1) is 12.7. The summed E-state index contributed by atoms with van der Waals surface area (Å²) in [6.07, 6.45) is 3.02. The number of likely N-dealkylation sites (tertiary alicyclic amines) is 1. The molecule has 26 heavy (non-hydrogen) atoms. The number of rotatable bonds is 5. The van der Waals surface area contributed by atoms with E-state index in [-0.39, 0.29) is 17.6 Å². The van der Waals surface area contributed by atoms with Crippen molar-refractivity contribution in [2.24, 2.45) is 0 Å². The van der Waals surface area contributed by atoms with E-state index in [2.05, 4.69) is 22.0 Å². The number of halogens is 1. The van der Waals surface area contributed by atoms with Crippen molar-refractivity contribution < 1.29 is 18.6 Å². The van der Waals surface area contributed by atoms with Gasteiger partial charge in [0.15, 0.2) is 5.82 Å². The molecule has 2 aromatic rings. The van der Waals surface area contributed by atoms with Crippen molar-refractivity contribution in [3.8, 4) is 11.6 Å². The Balaban J connectivity index is 1.32. The average Bonchev–Trinajstić information content (AvgIpc) is 2.63. The SMILES string of the molecule is COc1ccc(CN2CC3(C[C@H](Oc4ncccc4F)CCO3)C2)cc1. The van der Waals surface area contributed by atoms with Crippen LogP contribution in [0.3, 0.4) is 0 Å². The van der Waals surface area contributed by atoms with Crippen LogP contribution in [0.1, 0.15) is 18.4 Å². The molecule has 0 radical (unpaired) electrons. The molecule has 1 spiro atoms. The van der Waals surface area contributed by atoms with Crippen molar-refractivity contribution >= 4 is 0 Å². The standard InChI is InChI=1S/C20H23FN2O3/c1-24-16-6-4-15(5-7-16)12-23-13-20(14-23)11-17(8-10-25-20)26-19-18(21)3-2-9-22-19/h2-7,9,17H,8,10-14H2,1H3/t17-/m1/s1. The Kier molecular flexibility index (Phi) is 4.78. The Morgan fingerprint density at radius 3 is 2.81 bits per heavy atom. The minimum absolute atomic E-state index is 0.0590. The number of benzene rings is 1. The number of hydrogen-bond donors (Lipinski definition) is 0. The predicted octanol–water partition coefficient (Wildman–Crippen LogP) is 3.04. The Morgan fingerprint density at radius 1 is 1.27 bits per heavy atom. The lowest BCUT2D eigenvalue weighted by molar-refractivity contribution is -0.188. The lowest BCUT2D eigenvalue weighted by Crippen LogP contribution is -2.65. The second-order valence-electron chi connectivity index (χ2n) is 7.05. The zero-order valence-electron chi connectivity index (χ0n) is 14.9. The van der Waals surface area contributed by atoms with Crippen molar-refractivity contribution in [3.63, 3.8) is 0 Å². The van der Waals surface area contributed by atoms with Crippen LogP contribution in [-0.2, 0) is 11.3 Å². The van der Waals surface area contributed by atoms with Crippen LogP contribution in [0.15, 0.2) is 42.6 Å². The van der Waals surface area contributed by atoms with Crippen molar-refractivity contribution in [2.75, 3.05) is 26.8 Å². The first-order valence-electron chi connectivity index (χ1n) is 8.92. The molecule has 4 rings (SSSR count). The summed E-state index contributed by atoms with van der Waals surface area (Å²) in [4.78, 5) is 6.34. The second kappa shape index (κ2) is 7.21. The van der Waals surface area contributed by atoms with Gasteiger partial charge in [-0.05, 0) is 29.8 Å². The summed E-state index contributed by atoms with van der Waals surface area (Å²) in [5.74, 6) is 0.540. The van der Waals surface area contributed by atoms with Gasteiger partial charge in [-0.3, -0.25) is 4.90 Å². The first kappa shape index (κ1) is 17.2. The molecule has 6 heteroatoms. The normalized spacial score (nSPS) is 22.0. The number of nitrogens with zero attached hydrogens (tertiary/aromatic N) is 2. The summed E-state index contributed by atoms with van der Waals surface area (Å²) in [5.41, 5.74) is 1.07. The molecule has 2 fully saturated rings. The lowest BCUT2D eigenvalue weighted by atomic mass is 9.84. The Hall–Kier alpha value is -2.18. The van der Waals surface area contributed by atoms with E-state index in [1.165, 1.54) is 11.6 Å². The highest BCUT2D eigenvalue weighted by Gasteiger charge is 2.48. The fraction of sp³-hybridized carbons (Fsp3) is 0.450. The predicted molar refractivity (Wildman–Crippen MR) is 94.8 cm³/mol. The molecule has 0 amide bonds. The van der Waals surface area contributed by atoms with Gasteiger partial charge in [0.1, 0.15) is 11.9 Å². The quantitative estimate of drug-likeness (QED) is 0.822. The van der Waals surface area contributed by atoms with Gasteiger partial charge in [-0.15, -0.1) is 0 Å². The highest BCUT2D eigenvalue weighted by atomic mass is 19.1. The zero-order chi connectivity index (χ0) is 18.0. The van der Waals surface area contributed by atoms with Gasteiger partial charge in [0.2, 0.25) is 0 Å². The minimum Gasteiger partial charge on any atom is -0.497 e.